The second kappa shape index (κ2) is 10.4. The van der Waals surface area contributed by atoms with Gasteiger partial charge in [0.25, 0.3) is 5.91 Å². The summed E-state index contributed by atoms with van der Waals surface area (Å²) < 4.78 is 5.38. The highest BCUT2D eigenvalue weighted by Crippen LogP contribution is 2.26. The first-order valence-corrected chi connectivity index (χ1v) is 12.8. The highest BCUT2D eigenvalue weighted by Gasteiger charge is 2.12. The third-order valence-corrected chi connectivity index (χ3v) is 6.93. The molecule has 0 fully saturated rings. The third-order valence-electron chi connectivity index (χ3n) is 6.44. The molecule has 5 rings (SSSR count). The Hall–Kier alpha value is -4.16. The lowest BCUT2D eigenvalue weighted by molar-refractivity contribution is 0.0955. The molecular weight excluding hydrogens is 524 g/mol. The van der Waals surface area contributed by atoms with Crippen LogP contribution >= 0.6 is 15.9 Å². The molecule has 0 aliphatic carbocycles. The number of aromatic nitrogens is 2. The predicted octanol–water partition coefficient (Wildman–Crippen LogP) is 7.39. The average Bonchev–Trinajstić information content (AvgIpc) is 3.43. The number of hydrogen-bond acceptors (Lipinski definition) is 2. The molecule has 2 aromatic heterocycles. The number of benzene rings is 3. The van der Waals surface area contributed by atoms with E-state index in [9.17, 15) is 4.79 Å². The number of hydrogen-bond donors (Lipinski definition) is 1. The van der Waals surface area contributed by atoms with Crippen LogP contribution in [-0.4, -0.2) is 21.3 Å². The van der Waals surface area contributed by atoms with Crippen LogP contribution in [-0.2, 0) is 0 Å². The minimum absolute atomic E-state index is 0.254. The van der Waals surface area contributed by atoms with Gasteiger partial charge >= 0.3 is 0 Å². The van der Waals surface area contributed by atoms with Crippen LogP contribution < -0.4 is 5.43 Å². The molecule has 3 aromatic carbocycles. The molecule has 0 saturated carbocycles. The molecule has 1 amide bonds. The molecule has 6 heteroatoms. The SMILES string of the molecule is Cc1ccc(-c2ccccc2)n1-c1ccc(C(=O)N/N=C/c2cc(C)n(-c3cccc(Br)c3)c2C)cc1. The van der Waals surface area contributed by atoms with E-state index in [1.165, 1.54) is 0 Å². The normalized spacial score (nSPS) is 11.2. The number of halogens is 1. The smallest absolute Gasteiger partial charge is 0.271 e. The van der Waals surface area contributed by atoms with Crippen molar-refractivity contribution in [3.05, 3.63) is 130 Å². The molecule has 5 nitrogen and oxygen atoms in total. The second-order valence-electron chi connectivity index (χ2n) is 8.95. The first kappa shape index (κ1) is 24.5. The predicted molar refractivity (Wildman–Crippen MR) is 154 cm³/mol. The second-order valence-corrected chi connectivity index (χ2v) is 9.86. The van der Waals surface area contributed by atoms with Crippen LogP contribution in [0, 0.1) is 20.8 Å². The summed E-state index contributed by atoms with van der Waals surface area (Å²) in [5.74, 6) is -0.254. The summed E-state index contributed by atoms with van der Waals surface area (Å²) in [5.41, 5.74) is 11.8. The zero-order valence-corrected chi connectivity index (χ0v) is 22.5. The zero-order chi connectivity index (χ0) is 25.9. The molecule has 5 aromatic rings. The molecule has 0 radical (unpaired) electrons. The standard InChI is InChI=1S/C31H27BrN4O/c1-21-12-17-30(24-8-5-4-6-9-24)36(21)28-15-13-25(14-16-28)31(37)34-33-20-26-18-22(2)35(23(26)3)29-11-7-10-27(32)19-29/h4-20H,1-3H3,(H,34,37)/b33-20+. The monoisotopic (exact) mass is 550 g/mol. The lowest BCUT2D eigenvalue weighted by Crippen LogP contribution is -2.17. The molecule has 0 aliphatic rings. The first-order chi connectivity index (χ1) is 17.9. The van der Waals surface area contributed by atoms with E-state index in [0.717, 1.165) is 49.8 Å². The van der Waals surface area contributed by atoms with Gasteiger partial charge in [0.1, 0.15) is 0 Å². The number of carbonyl (C=O) groups excluding carboxylic acids is 1. The Kier molecular flexibility index (Phi) is 6.93. The number of nitrogens with one attached hydrogen (secondary N) is 1. The topological polar surface area (TPSA) is 51.3 Å². The van der Waals surface area contributed by atoms with Gasteiger partial charge in [0.15, 0.2) is 0 Å². The molecule has 0 bridgehead atoms. The van der Waals surface area contributed by atoms with Gasteiger partial charge in [-0.2, -0.15) is 5.10 Å². The Morgan fingerprint density at radius 1 is 0.784 bits per heavy atom. The number of carbonyl (C=O) groups is 1. The van der Waals surface area contributed by atoms with Gasteiger partial charge < -0.3 is 9.13 Å². The molecule has 0 atom stereocenters. The van der Waals surface area contributed by atoms with Crippen molar-refractivity contribution in [2.75, 3.05) is 0 Å². The summed E-state index contributed by atoms with van der Waals surface area (Å²) in [6.07, 6.45) is 1.69. The van der Waals surface area contributed by atoms with E-state index in [0.29, 0.717) is 5.56 Å². The number of amides is 1. The van der Waals surface area contributed by atoms with Crippen molar-refractivity contribution in [2.45, 2.75) is 20.8 Å². The maximum Gasteiger partial charge on any atom is 0.271 e. The Morgan fingerprint density at radius 2 is 1.54 bits per heavy atom. The van der Waals surface area contributed by atoms with Gasteiger partial charge in [0.05, 0.1) is 11.9 Å². The van der Waals surface area contributed by atoms with Crippen LogP contribution in [0.5, 0.6) is 0 Å². The maximum atomic E-state index is 12.8. The highest BCUT2D eigenvalue weighted by atomic mass is 79.9. The van der Waals surface area contributed by atoms with Gasteiger partial charge in [0, 0.05) is 44.1 Å². The first-order valence-electron chi connectivity index (χ1n) is 12.0. The number of hydrazone groups is 1. The summed E-state index contributed by atoms with van der Waals surface area (Å²) in [7, 11) is 0. The van der Waals surface area contributed by atoms with E-state index in [1.54, 1.807) is 6.21 Å². The number of rotatable bonds is 6. The summed E-state index contributed by atoms with van der Waals surface area (Å²) in [4.78, 5) is 12.8. The van der Waals surface area contributed by atoms with Crippen molar-refractivity contribution in [3.8, 4) is 22.6 Å². The molecule has 37 heavy (non-hydrogen) atoms. The van der Waals surface area contributed by atoms with E-state index in [-0.39, 0.29) is 5.91 Å². The van der Waals surface area contributed by atoms with Crippen LogP contribution in [0.3, 0.4) is 0 Å². The van der Waals surface area contributed by atoms with E-state index >= 15 is 0 Å². The van der Waals surface area contributed by atoms with Crippen molar-refractivity contribution in [1.82, 2.24) is 14.6 Å². The third kappa shape index (κ3) is 5.06. The van der Waals surface area contributed by atoms with Gasteiger partial charge in [-0.25, -0.2) is 5.43 Å². The Labute approximate surface area is 225 Å². The molecule has 0 saturated heterocycles. The van der Waals surface area contributed by atoms with Crippen molar-refractivity contribution in [3.63, 3.8) is 0 Å². The molecule has 2 heterocycles. The van der Waals surface area contributed by atoms with E-state index in [1.807, 2.05) is 61.5 Å². The molecule has 1 N–H and O–H groups in total. The zero-order valence-electron chi connectivity index (χ0n) is 20.9. The van der Waals surface area contributed by atoms with Gasteiger partial charge in [-0.15, -0.1) is 0 Å². The molecular formula is C31H27BrN4O. The molecule has 0 unspecified atom stereocenters. The number of nitrogens with zero attached hydrogens (tertiary/aromatic N) is 3. The summed E-state index contributed by atoms with van der Waals surface area (Å²) >= 11 is 3.54. The van der Waals surface area contributed by atoms with Gasteiger partial charge in [-0.05, 0) is 87.0 Å². The summed E-state index contributed by atoms with van der Waals surface area (Å²) in [5, 5.41) is 4.23. The minimum Gasteiger partial charge on any atom is -0.318 e. The largest absolute Gasteiger partial charge is 0.318 e. The lowest BCUT2D eigenvalue weighted by Gasteiger charge is -2.12. The van der Waals surface area contributed by atoms with Crippen LogP contribution in [0.4, 0.5) is 0 Å². The fourth-order valence-corrected chi connectivity index (χ4v) is 5.02. The summed E-state index contributed by atoms with van der Waals surface area (Å²) in [6.45, 7) is 6.18. The fourth-order valence-electron chi connectivity index (χ4n) is 4.63. The van der Waals surface area contributed by atoms with Crippen LogP contribution in [0.2, 0.25) is 0 Å². The number of aryl methyl sites for hydroxylation is 2. The fraction of sp³-hybridized carbons (Fsp3) is 0.0968. The maximum absolute atomic E-state index is 12.8. The van der Waals surface area contributed by atoms with Gasteiger partial charge in [-0.1, -0.05) is 52.3 Å². The highest BCUT2D eigenvalue weighted by molar-refractivity contribution is 9.10. The van der Waals surface area contributed by atoms with Gasteiger partial charge in [-0.3, -0.25) is 4.79 Å². The average molecular weight is 551 g/mol. The Bertz CT molecular complexity index is 1590. The lowest BCUT2D eigenvalue weighted by atomic mass is 10.1. The Balaban J connectivity index is 1.31. The minimum atomic E-state index is -0.254. The summed E-state index contributed by atoms with van der Waals surface area (Å²) in [6, 6.07) is 32.3. The molecule has 184 valence electrons. The quantitative estimate of drug-likeness (QED) is 0.174. The van der Waals surface area contributed by atoms with E-state index in [4.69, 9.17) is 0 Å². The van der Waals surface area contributed by atoms with Crippen LogP contribution in [0.1, 0.15) is 33.0 Å². The van der Waals surface area contributed by atoms with Crippen molar-refractivity contribution in [1.29, 1.82) is 0 Å². The van der Waals surface area contributed by atoms with Crippen LogP contribution in [0.25, 0.3) is 22.6 Å². The van der Waals surface area contributed by atoms with E-state index < -0.39 is 0 Å². The van der Waals surface area contributed by atoms with E-state index in [2.05, 4.69) is 91.9 Å². The van der Waals surface area contributed by atoms with Crippen molar-refractivity contribution >= 4 is 28.1 Å². The van der Waals surface area contributed by atoms with Crippen molar-refractivity contribution < 1.29 is 4.79 Å². The molecule has 0 spiro atoms. The van der Waals surface area contributed by atoms with Gasteiger partial charge in [0.2, 0.25) is 0 Å². The molecule has 0 aliphatic heterocycles. The van der Waals surface area contributed by atoms with Crippen molar-refractivity contribution in [2.24, 2.45) is 5.10 Å². The van der Waals surface area contributed by atoms with Crippen LogP contribution in [0.15, 0.2) is 107 Å². The Morgan fingerprint density at radius 3 is 2.27 bits per heavy atom.